The van der Waals surface area contributed by atoms with Crippen molar-refractivity contribution in [3.8, 4) is 18.2 Å². The largest absolute Gasteiger partial charge is 0.461 e. The number of aromatic amines is 2. The summed E-state index contributed by atoms with van der Waals surface area (Å²) in [6.45, 7) is 1.19. The lowest BCUT2D eigenvalue weighted by atomic mass is 10.1. The molecule has 116 valence electrons. The minimum atomic E-state index is 0.251. The summed E-state index contributed by atoms with van der Waals surface area (Å²) in [5.74, 6) is 3.19. The summed E-state index contributed by atoms with van der Waals surface area (Å²) in [5.41, 5.74) is 8.96. The van der Waals surface area contributed by atoms with Gasteiger partial charge in [-0.2, -0.15) is 0 Å². The van der Waals surface area contributed by atoms with E-state index in [2.05, 4.69) is 25.9 Å². The van der Waals surface area contributed by atoms with Gasteiger partial charge in [0.1, 0.15) is 13.2 Å². The molecule has 4 N–H and O–H groups in total. The van der Waals surface area contributed by atoms with Crippen LogP contribution in [-0.4, -0.2) is 21.6 Å². The molecular formula is C16H16N5O2+. The van der Waals surface area contributed by atoms with Crippen molar-refractivity contribution in [3.05, 3.63) is 41.7 Å². The second-order valence-electron chi connectivity index (χ2n) is 4.85. The normalized spacial score (nSPS) is 10.6. The highest BCUT2D eigenvalue weighted by Crippen LogP contribution is 2.17. The molecule has 7 nitrogen and oxygen atoms in total. The maximum absolute atomic E-state index is 5.78. The summed E-state index contributed by atoms with van der Waals surface area (Å²) >= 11 is 0. The summed E-state index contributed by atoms with van der Waals surface area (Å²) in [7, 11) is 0. The number of aromatic nitrogens is 4. The first kappa shape index (κ1) is 14.8. The van der Waals surface area contributed by atoms with Gasteiger partial charge in [0.05, 0.1) is 12.9 Å². The number of hydrogen-bond donors (Lipinski definition) is 2. The highest BCUT2D eigenvalue weighted by molar-refractivity contribution is 5.74. The van der Waals surface area contributed by atoms with Crippen LogP contribution in [0.3, 0.4) is 0 Å². The Kier molecular flexibility index (Phi) is 4.36. The summed E-state index contributed by atoms with van der Waals surface area (Å²) in [4.78, 5) is 14.0. The van der Waals surface area contributed by atoms with Crippen molar-refractivity contribution in [1.29, 1.82) is 0 Å². The Hall–Kier alpha value is -3.11. The van der Waals surface area contributed by atoms with Crippen LogP contribution in [0, 0.1) is 12.3 Å². The molecule has 0 unspecified atom stereocenters. The van der Waals surface area contributed by atoms with Gasteiger partial charge >= 0.3 is 5.95 Å². The molecule has 7 heteroatoms. The average Bonchev–Trinajstić information content (AvgIpc) is 3.02. The van der Waals surface area contributed by atoms with Gasteiger partial charge in [-0.05, 0) is 16.1 Å². The second-order valence-corrected chi connectivity index (χ2v) is 4.85. The van der Waals surface area contributed by atoms with E-state index < -0.39 is 0 Å². The third-order valence-electron chi connectivity index (χ3n) is 3.17. The van der Waals surface area contributed by atoms with E-state index in [1.54, 1.807) is 6.33 Å². The van der Waals surface area contributed by atoms with Crippen LogP contribution in [0.1, 0.15) is 11.1 Å². The third kappa shape index (κ3) is 3.56. The van der Waals surface area contributed by atoms with E-state index in [0.29, 0.717) is 36.9 Å². The number of terminal acetylenes is 1. The van der Waals surface area contributed by atoms with E-state index in [1.165, 1.54) is 0 Å². The van der Waals surface area contributed by atoms with E-state index in [4.69, 9.17) is 21.6 Å². The zero-order valence-corrected chi connectivity index (χ0v) is 12.4. The fraction of sp³-hybridized carbons (Fsp3) is 0.188. The third-order valence-corrected chi connectivity index (χ3v) is 3.17. The van der Waals surface area contributed by atoms with Gasteiger partial charge in [-0.15, -0.1) is 6.42 Å². The van der Waals surface area contributed by atoms with Crippen LogP contribution in [0.2, 0.25) is 0 Å². The first-order chi connectivity index (χ1) is 11.3. The van der Waals surface area contributed by atoms with Gasteiger partial charge in [0.15, 0.2) is 5.52 Å². The van der Waals surface area contributed by atoms with Gasteiger partial charge in [0.2, 0.25) is 0 Å². The van der Waals surface area contributed by atoms with E-state index in [9.17, 15) is 0 Å². The molecule has 0 fully saturated rings. The molecule has 0 saturated heterocycles. The Morgan fingerprint density at radius 1 is 1.22 bits per heavy atom. The molecule has 0 amide bonds. The van der Waals surface area contributed by atoms with Crippen LogP contribution in [0.25, 0.3) is 11.2 Å². The maximum Gasteiger partial charge on any atom is 0.392 e. The number of nitrogens with zero attached hydrogens (tertiary/aromatic N) is 2. The molecule has 0 aliphatic heterocycles. The number of ether oxygens (including phenoxy) is 2. The van der Waals surface area contributed by atoms with Gasteiger partial charge in [-0.25, -0.2) is 9.97 Å². The molecule has 0 spiro atoms. The predicted molar refractivity (Wildman–Crippen MR) is 84.1 cm³/mol. The summed E-state index contributed by atoms with van der Waals surface area (Å²) < 4.78 is 11.1. The number of benzene rings is 1. The zero-order valence-electron chi connectivity index (χ0n) is 12.4. The molecule has 3 aromatic rings. The Morgan fingerprint density at radius 3 is 2.70 bits per heavy atom. The number of H-pyrrole nitrogens is 2. The van der Waals surface area contributed by atoms with E-state index >= 15 is 0 Å². The number of hydrogen-bond acceptors (Lipinski definition) is 5. The van der Waals surface area contributed by atoms with Crippen molar-refractivity contribution in [3.63, 3.8) is 0 Å². The number of fused-ring (bicyclic) bond motifs is 1. The van der Waals surface area contributed by atoms with E-state index in [0.717, 1.165) is 11.1 Å². The first-order valence-electron chi connectivity index (χ1n) is 7.00. The van der Waals surface area contributed by atoms with Crippen LogP contribution in [0.4, 0.5) is 5.95 Å². The SMILES string of the molecule is C#CCOCc1ccc(COc2[nH+]c(N)nc3nc[nH]c23)cc1. The van der Waals surface area contributed by atoms with Crippen molar-refractivity contribution in [2.24, 2.45) is 0 Å². The molecule has 0 radical (unpaired) electrons. The standard InChI is InChI=1S/C16H15N5O2/c1-2-7-22-8-11-3-5-12(6-4-11)9-23-15-13-14(19-10-18-13)20-16(17)21-15/h1,3-6,10H,7-9H2,(H3,17,18,19,20,21)/p+1. The zero-order chi connectivity index (χ0) is 16.1. The molecule has 23 heavy (non-hydrogen) atoms. The Bertz CT molecular complexity index is 836. The van der Waals surface area contributed by atoms with Crippen LogP contribution in [0.15, 0.2) is 30.6 Å². The molecule has 0 atom stereocenters. The van der Waals surface area contributed by atoms with Gasteiger partial charge < -0.3 is 14.5 Å². The van der Waals surface area contributed by atoms with E-state index in [-0.39, 0.29) is 5.95 Å². The fourth-order valence-corrected chi connectivity index (χ4v) is 2.08. The maximum atomic E-state index is 5.78. The summed E-state index contributed by atoms with van der Waals surface area (Å²) in [5, 5.41) is 0. The van der Waals surface area contributed by atoms with Crippen molar-refractivity contribution in [2.75, 3.05) is 12.3 Å². The molecule has 3 rings (SSSR count). The smallest absolute Gasteiger partial charge is 0.392 e. The number of nitrogens with two attached hydrogens (primary N) is 1. The lowest BCUT2D eigenvalue weighted by Gasteiger charge is -2.06. The molecule has 0 saturated carbocycles. The van der Waals surface area contributed by atoms with Crippen molar-refractivity contribution < 1.29 is 14.5 Å². The quantitative estimate of drug-likeness (QED) is 0.524. The fourth-order valence-electron chi connectivity index (χ4n) is 2.08. The monoisotopic (exact) mass is 310 g/mol. The molecule has 2 aromatic heterocycles. The van der Waals surface area contributed by atoms with Crippen molar-refractivity contribution in [2.45, 2.75) is 13.2 Å². The molecule has 0 bridgehead atoms. The van der Waals surface area contributed by atoms with E-state index in [1.807, 2.05) is 24.3 Å². The number of nitrogen functional groups attached to an aromatic ring is 1. The van der Waals surface area contributed by atoms with Crippen LogP contribution in [-0.2, 0) is 18.0 Å². The topological polar surface area (TPSA) is 100 Å². The Labute approximate surface area is 132 Å². The second kappa shape index (κ2) is 6.77. The predicted octanol–water partition coefficient (Wildman–Crippen LogP) is 1.08. The number of anilines is 1. The number of imidazole rings is 1. The van der Waals surface area contributed by atoms with Crippen LogP contribution in [0.5, 0.6) is 5.88 Å². The highest BCUT2D eigenvalue weighted by atomic mass is 16.5. The minimum Gasteiger partial charge on any atom is -0.461 e. The Balaban J connectivity index is 1.65. The van der Waals surface area contributed by atoms with Gasteiger partial charge in [-0.3, -0.25) is 5.73 Å². The van der Waals surface area contributed by atoms with Crippen molar-refractivity contribution >= 4 is 17.1 Å². The minimum absolute atomic E-state index is 0.251. The molecule has 1 aromatic carbocycles. The van der Waals surface area contributed by atoms with Crippen molar-refractivity contribution in [1.82, 2.24) is 15.0 Å². The molecular weight excluding hydrogens is 294 g/mol. The molecule has 2 heterocycles. The molecule has 0 aliphatic rings. The van der Waals surface area contributed by atoms with Crippen LogP contribution >= 0.6 is 0 Å². The Morgan fingerprint density at radius 2 is 1.96 bits per heavy atom. The van der Waals surface area contributed by atoms with Gasteiger partial charge in [0.25, 0.3) is 11.5 Å². The highest BCUT2D eigenvalue weighted by Gasteiger charge is 2.14. The summed E-state index contributed by atoms with van der Waals surface area (Å²) in [6.07, 6.45) is 6.68. The number of rotatable bonds is 6. The number of nitrogens with one attached hydrogen (secondary N) is 2. The van der Waals surface area contributed by atoms with Gasteiger partial charge in [0, 0.05) is 0 Å². The lowest BCUT2D eigenvalue weighted by Crippen LogP contribution is -2.17. The lowest BCUT2D eigenvalue weighted by molar-refractivity contribution is -0.380. The summed E-state index contributed by atoms with van der Waals surface area (Å²) in [6, 6.07) is 7.91. The van der Waals surface area contributed by atoms with Gasteiger partial charge in [-0.1, -0.05) is 30.2 Å². The average molecular weight is 310 g/mol. The van der Waals surface area contributed by atoms with Crippen LogP contribution < -0.4 is 15.5 Å². The molecule has 0 aliphatic carbocycles. The first-order valence-corrected chi connectivity index (χ1v) is 7.00.